The number of hydrogen-bond donors (Lipinski definition) is 0. The van der Waals surface area contributed by atoms with Crippen LogP contribution < -0.4 is 0 Å². The fraction of sp³-hybridized carbons (Fsp3) is 0.562. The van der Waals surface area contributed by atoms with Crippen molar-refractivity contribution in [2.24, 2.45) is 5.41 Å². The van der Waals surface area contributed by atoms with Gasteiger partial charge in [-0.05, 0) is 46.7 Å². The van der Waals surface area contributed by atoms with Crippen LogP contribution in [-0.4, -0.2) is 15.4 Å². The van der Waals surface area contributed by atoms with Gasteiger partial charge in [-0.15, -0.1) is 11.6 Å². The van der Waals surface area contributed by atoms with Crippen molar-refractivity contribution in [2.75, 3.05) is 5.88 Å². The smallest absolute Gasteiger partial charge is 0.139 e. The number of imidazole rings is 1. The summed E-state index contributed by atoms with van der Waals surface area (Å²) in [6.45, 7) is 4.59. The van der Waals surface area contributed by atoms with Crippen LogP contribution in [0.3, 0.4) is 0 Å². The molecular formula is C16H19BrClFN2. The highest BCUT2D eigenvalue weighted by Gasteiger charge is 2.33. The summed E-state index contributed by atoms with van der Waals surface area (Å²) in [5, 5.41) is 0. The number of benzene rings is 1. The van der Waals surface area contributed by atoms with Crippen LogP contribution in [0.25, 0.3) is 11.0 Å². The SMILES string of the molecule is CC1(C)CCC(n2c(CCCl)nc3cc(Br)c(F)cc32)C1. The molecule has 21 heavy (non-hydrogen) atoms. The standard InChI is InChI=1S/C16H19BrClFN2/c1-16(2)5-3-10(9-16)21-14-8-12(19)11(17)7-13(14)20-15(21)4-6-18/h7-8,10H,3-6,9H2,1-2H3. The monoisotopic (exact) mass is 372 g/mol. The molecule has 1 fully saturated rings. The van der Waals surface area contributed by atoms with Crippen LogP contribution >= 0.6 is 27.5 Å². The van der Waals surface area contributed by atoms with Gasteiger partial charge in [0.05, 0.1) is 15.5 Å². The van der Waals surface area contributed by atoms with Crippen molar-refractivity contribution < 1.29 is 4.39 Å². The summed E-state index contributed by atoms with van der Waals surface area (Å²) < 4.78 is 16.6. The molecule has 3 rings (SSSR count). The van der Waals surface area contributed by atoms with E-state index in [2.05, 4.69) is 39.3 Å². The molecule has 0 bridgehead atoms. The first-order chi connectivity index (χ1) is 9.91. The second kappa shape index (κ2) is 5.54. The molecule has 1 heterocycles. The van der Waals surface area contributed by atoms with Crippen molar-refractivity contribution in [1.29, 1.82) is 0 Å². The third kappa shape index (κ3) is 2.85. The Bertz CT molecular complexity index is 680. The van der Waals surface area contributed by atoms with Crippen molar-refractivity contribution >= 4 is 38.6 Å². The van der Waals surface area contributed by atoms with Gasteiger partial charge < -0.3 is 4.57 Å². The average Bonchev–Trinajstić information content (AvgIpc) is 2.91. The van der Waals surface area contributed by atoms with Crippen molar-refractivity contribution in [3.63, 3.8) is 0 Å². The van der Waals surface area contributed by atoms with E-state index in [1.54, 1.807) is 12.1 Å². The van der Waals surface area contributed by atoms with E-state index >= 15 is 0 Å². The van der Waals surface area contributed by atoms with Gasteiger partial charge in [0.2, 0.25) is 0 Å². The number of alkyl halides is 1. The van der Waals surface area contributed by atoms with Gasteiger partial charge in [-0.3, -0.25) is 0 Å². The van der Waals surface area contributed by atoms with Crippen LogP contribution in [0.4, 0.5) is 4.39 Å². The lowest BCUT2D eigenvalue weighted by molar-refractivity contribution is 0.358. The maximum Gasteiger partial charge on any atom is 0.139 e. The van der Waals surface area contributed by atoms with E-state index in [9.17, 15) is 4.39 Å². The number of rotatable bonds is 3. The topological polar surface area (TPSA) is 17.8 Å². The fourth-order valence-electron chi connectivity index (χ4n) is 3.43. The second-order valence-electron chi connectivity index (χ2n) is 6.65. The highest BCUT2D eigenvalue weighted by Crippen LogP contribution is 2.45. The molecule has 1 aromatic carbocycles. The number of nitrogens with zero attached hydrogens (tertiary/aromatic N) is 2. The Morgan fingerprint density at radius 2 is 2.24 bits per heavy atom. The van der Waals surface area contributed by atoms with E-state index < -0.39 is 0 Å². The second-order valence-corrected chi connectivity index (χ2v) is 7.89. The molecule has 1 atom stereocenters. The van der Waals surface area contributed by atoms with Crippen molar-refractivity contribution in [1.82, 2.24) is 9.55 Å². The van der Waals surface area contributed by atoms with E-state index in [1.807, 2.05) is 0 Å². The highest BCUT2D eigenvalue weighted by atomic mass is 79.9. The summed E-state index contributed by atoms with van der Waals surface area (Å²) in [6.07, 6.45) is 4.12. The fourth-order valence-corrected chi connectivity index (χ4v) is 3.93. The van der Waals surface area contributed by atoms with Crippen LogP contribution in [-0.2, 0) is 6.42 Å². The van der Waals surface area contributed by atoms with Gasteiger partial charge in [0.25, 0.3) is 0 Å². The molecule has 1 aromatic heterocycles. The summed E-state index contributed by atoms with van der Waals surface area (Å²) in [7, 11) is 0. The normalized spacial score (nSPS) is 21.3. The van der Waals surface area contributed by atoms with Gasteiger partial charge in [-0.1, -0.05) is 13.8 Å². The molecule has 5 heteroatoms. The molecule has 0 saturated heterocycles. The van der Waals surface area contributed by atoms with Gasteiger partial charge in [0.1, 0.15) is 11.6 Å². The zero-order valence-corrected chi connectivity index (χ0v) is 14.6. The van der Waals surface area contributed by atoms with Crippen LogP contribution in [0.5, 0.6) is 0 Å². The molecule has 0 spiro atoms. The number of hydrogen-bond acceptors (Lipinski definition) is 1. The molecule has 2 aromatic rings. The minimum Gasteiger partial charge on any atom is -0.325 e. The van der Waals surface area contributed by atoms with E-state index in [0.29, 0.717) is 28.2 Å². The molecule has 0 N–H and O–H groups in total. The third-order valence-corrected chi connectivity index (χ3v) is 5.23. The Morgan fingerprint density at radius 1 is 1.48 bits per heavy atom. The predicted octanol–water partition coefficient (Wildman–Crippen LogP) is 5.47. The Morgan fingerprint density at radius 3 is 2.86 bits per heavy atom. The number of halogens is 3. The average molecular weight is 374 g/mol. The Hall–Kier alpha value is -0.610. The Labute approximate surface area is 137 Å². The first-order valence-corrected chi connectivity index (χ1v) is 8.66. The molecular weight excluding hydrogens is 355 g/mol. The lowest BCUT2D eigenvalue weighted by Gasteiger charge is -2.20. The van der Waals surface area contributed by atoms with E-state index in [4.69, 9.17) is 11.6 Å². The Kier molecular flexibility index (Phi) is 4.04. The molecule has 1 unspecified atom stereocenters. The number of aryl methyl sites for hydroxylation is 1. The molecule has 1 aliphatic rings. The first-order valence-electron chi connectivity index (χ1n) is 7.33. The van der Waals surface area contributed by atoms with E-state index in [0.717, 1.165) is 29.7 Å². The van der Waals surface area contributed by atoms with Gasteiger partial charge in [0.15, 0.2) is 0 Å². The predicted molar refractivity (Wildman–Crippen MR) is 88.5 cm³/mol. The molecule has 1 saturated carbocycles. The zero-order valence-electron chi connectivity index (χ0n) is 12.3. The van der Waals surface area contributed by atoms with Crippen molar-refractivity contribution in [3.8, 4) is 0 Å². The first kappa shape index (κ1) is 15.3. The molecule has 0 aliphatic heterocycles. The van der Waals surface area contributed by atoms with Crippen LogP contribution in [0.15, 0.2) is 16.6 Å². The van der Waals surface area contributed by atoms with Crippen LogP contribution in [0.1, 0.15) is 45.0 Å². The highest BCUT2D eigenvalue weighted by molar-refractivity contribution is 9.10. The van der Waals surface area contributed by atoms with Gasteiger partial charge >= 0.3 is 0 Å². The summed E-state index contributed by atoms with van der Waals surface area (Å²) >= 11 is 9.16. The summed E-state index contributed by atoms with van der Waals surface area (Å²) in [4.78, 5) is 4.68. The zero-order chi connectivity index (χ0) is 15.2. The van der Waals surface area contributed by atoms with Crippen molar-refractivity contribution in [3.05, 3.63) is 28.2 Å². The number of fused-ring (bicyclic) bond motifs is 1. The summed E-state index contributed by atoms with van der Waals surface area (Å²) in [6, 6.07) is 3.75. The van der Waals surface area contributed by atoms with Gasteiger partial charge in [0, 0.05) is 24.4 Å². The minimum atomic E-state index is -0.238. The molecule has 0 amide bonds. The Balaban J connectivity index is 2.14. The summed E-state index contributed by atoms with van der Waals surface area (Å²) in [5.74, 6) is 1.27. The van der Waals surface area contributed by atoms with E-state index in [-0.39, 0.29) is 5.82 Å². The van der Waals surface area contributed by atoms with Crippen LogP contribution in [0, 0.1) is 11.2 Å². The molecule has 1 aliphatic carbocycles. The lowest BCUT2D eigenvalue weighted by atomic mass is 9.92. The maximum absolute atomic E-state index is 13.9. The minimum absolute atomic E-state index is 0.238. The molecule has 0 radical (unpaired) electrons. The molecule has 2 nitrogen and oxygen atoms in total. The lowest BCUT2D eigenvalue weighted by Crippen LogP contribution is -2.12. The van der Waals surface area contributed by atoms with Gasteiger partial charge in [-0.25, -0.2) is 9.37 Å². The maximum atomic E-state index is 13.9. The largest absolute Gasteiger partial charge is 0.325 e. The number of aromatic nitrogens is 2. The summed E-state index contributed by atoms with van der Waals surface area (Å²) in [5.41, 5.74) is 2.07. The van der Waals surface area contributed by atoms with Crippen molar-refractivity contribution in [2.45, 2.75) is 45.6 Å². The van der Waals surface area contributed by atoms with Gasteiger partial charge in [-0.2, -0.15) is 0 Å². The van der Waals surface area contributed by atoms with E-state index in [1.165, 1.54) is 6.42 Å². The molecule has 114 valence electrons. The quantitative estimate of drug-likeness (QED) is 0.652. The van der Waals surface area contributed by atoms with Crippen LogP contribution in [0.2, 0.25) is 0 Å². The third-order valence-electron chi connectivity index (χ3n) is 4.43.